The highest BCUT2D eigenvalue weighted by molar-refractivity contribution is 9.10. The summed E-state index contributed by atoms with van der Waals surface area (Å²) in [6.45, 7) is 2.26. The number of carbonyl (C=O) groups is 2. The number of imide groups is 1. The molecule has 0 aromatic heterocycles. The average molecular weight is 344 g/mol. The van der Waals surface area contributed by atoms with Crippen molar-refractivity contribution in [2.24, 2.45) is 0 Å². The smallest absolute Gasteiger partial charge is 0.321 e. The molecule has 0 heterocycles. The van der Waals surface area contributed by atoms with Gasteiger partial charge >= 0.3 is 6.03 Å². The topological polar surface area (TPSA) is 79.5 Å². The summed E-state index contributed by atoms with van der Waals surface area (Å²) in [5.74, 6) is 0.0699. The van der Waals surface area contributed by atoms with Crippen molar-refractivity contribution in [2.45, 2.75) is 19.6 Å². The maximum absolute atomic E-state index is 11.7. The van der Waals surface area contributed by atoms with Gasteiger partial charge in [-0.15, -0.1) is 0 Å². The van der Waals surface area contributed by atoms with Gasteiger partial charge in [0.2, 0.25) is 0 Å². The number of nitrogens with one attached hydrogen (secondary N) is 3. The molecule has 20 heavy (non-hydrogen) atoms. The third-order valence-corrected chi connectivity index (χ3v) is 3.30. The zero-order valence-corrected chi connectivity index (χ0v) is 13.2. The second-order valence-corrected chi connectivity index (χ2v) is 4.97. The van der Waals surface area contributed by atoms with Gasteiger partial charge in [-0.05, 0) is 37.7 Å². The van der Waals surface area contributed by atoms with Crippen molar-refractivity contribution in [1.82, 2.24) is 16.0 Å². The molecule has 110 valence electrons. The molecule has 0 bridgehead atoms. The zero-order valence-electron chi connectivity index (χ0n) is 11.6. The molecule has 0 spiro atoms. The molecule has 1 rings (SSSR count). The van der Waals surface area contributed by atoms with E-state index in [1.54, 1.807) is 13.0 Å². The number of halogens is 1. The molecule has 1 aromatic rings. The van der Waals surface area contributed by atoms with Crippen molar-refractivity contribution in [3.8, 4) is 5.75 Å². The first-order valence-corrected chi connectivity index (χ1v) is 6.89. The van der Waals surface area contributed by atoms with E-state index in [1.165, 1.54) is 7.05 Å². The second kappa shape index (κ2) is 7.86. The van der Waals surface area contributed by atoms with Crippen LogP contribution in [-0.2, 0) is 11.3 Å². The number of hydrogen-bond donors (Lipinski definition) is 3. The molecule has 0 saturated heterocycles. The minimum absolute atomic E-state index is 0.498. The van der Waals surface area contributed by atoms with Crippen molar-refractivity contribution < 1.29 is 14.3 Å². The largest absolute Gasteiger partial charge is 0.481 e. The van der Waals surface area contributed by atoms with E-state index >= 15 is 0 Å². The van der Waals surface area contributed by atoms with Crippen LogP contribution in [0.4, 0.5) is 4.79 Å². The molecule has 0 aliphatic heterocycles. The molecule has 0 fully saturated rings. The minimum Gasteiger partial charge on any atom is -0.481 e. The Morgan fingerprint density at radius 3 is 2.65 bits per heavy atom. The summed E-state index contributed by atoms with van der Waals surface area (Å²) >= 11 is 3.44. The van der Waals surface area contributed by atoms with Crippen LogP contribution in [0.2, 0.25) is 0 Å². The number of rotatable bonds is 5. The van der Waals surface area contributed by atoms with Crippen LogP contribution in [0.3, 0.4) is 0 Å². The van der Waals surface area contributed by atoms with Crippen molar-refractivity contribution in [3.05, 3.63) is 28.2 Å². The van der Waals surface area contributed by atoms with Gasteiger partial charge in [-0.1, -0.05) is 15.9 Å². The van der Waals surface area contributed by atoms with E-state index in [0.717, 1.165) is 10.0 Å². The van der Waals surface area contributed by atoms with E-state index in [2.05, 4.69) is 31.9 Å². The molecule has 3 N–H and O–H groups in total. The molecule has 1 aromatic carbocycles. The lowest BCUT2D eigenvalue weighted by molar-refractivity contribution is -0.126. The minimum atomic E-state index is -0.768. The molecule has 0 saturated carbocycles. The molecule has 6 nitrogen and oxygen atoms in total. The van der Waals surface area contributed by atoms with Crippen LogP contribution >= 0.6 is 15.9 Å². The molecular weight excluding hydrogens is 326 g/mol. The van der Waals surface area contributed by atoms with E-state index < -0.39 is 18.0 Å². The maximum Gasteiger partial charge on any atom is 0.321 e. The van der Waals surface area contributed by atoms with E-state index in [-0.39, 0.29) is 0 Å². The Labute approximate surface area is 126 Å². The van der Waals surface area contributed by atoms with Gasteiger partial charge in [-0.25, -0.2) is 4.79 Å². The molecule has 1 unspecified atom stereocenters. The van der Waals surface area contributed by atoms with Crippen molar-refractivity contribution in [1.29, 1.82) is 0 Å². The number of hydrogen-bond acceptors (Lipinski definition) is 4. The van der Waals surface area contributed by atoms with Crippen LogP contribution in [0, 0.1) is 0 Å². The number of urea groups is 1. The summed E-state index contributed by atoms with van der Waals surface area (Å²) in [5, 5.41) is 7.52. The van der Waals surface area contributed by atoms with Gasteiger partial charge in [0.1, 0.15) is 5.75 Å². The van der Waals surface area contributed by atoms with Gasteiger partial charge in [-0.3, -0.25) is 10.1 Å². The Bertz CT molecular complexity index is 494. The third kappa shape index (κ3) is 4.82. The monoisotopic (exact) mass is 343 g/mol. The van der Waals surface area contributed by atoms with Gasteiger partial charge in [-0.2, -0.15) is 0 Å². The number of amides is 3. The highest BCUT2D eigenvalue weighted by atomic mass is 79.9. The fourth-order valence-electron chi connectivity index (χ4n) is 1.48. The molecule has 3 amide bonds. The van der Waals surface area contributed by atoms with Crippen LogP contribution in [0.1, 0.15) is 12.5 Å². The van der Waals surface area contributed by atoms with Gasteiger partial charge < -0.3 is 15.4 Å². The lowest BCUT2D eigenvalue weighted by atomic mass is 10.2. The van der Waals surface area contributed by atoms with Crippen LogP contribution in [0.15, 0.2) is 22.7 Å². The standard InChI is InChI=1S/C13H18BrN3O3/c1-8(12(18)17-13(19)16-3)20-10-4-5-11(14)9(6-10)7-15-2/h4-6,8,15H,7H2,1-3H3,(H2,16,17,18,19). The lowest BCUT2D eigenvalue weighted by Gasteiger charge is -2.15. The molecule has 0 aliphatic carbocycles. The Hall–Kier alpha value is -1.60. The van der Waals surface area contributed by atoms with E-state index in [9.17, 15) is 9.59 Å². The molecule has 7 heteroatoms. The summed E-state index contributed by atoms with van der Waals surface area (Å²) in [6, 6.07) is 4.89. The first kappa shape index (κ1) is 16.5. The lowest BCUT2D eigenvalue weighted by Crippen LogP contribution is -2.43. The van der Waals surface area contributed by atoms with Crippen LogP contribution in [0.5, 0.6) is 5.75 Å². The maximum atomic E-state index is 11.7. The normalized spacial score (nSPS) is 11.6. The summed E-state index contributed by atoms with van der Waals surface area (Å²) < 4.78 is 6.48. The Kier molecular flexibility index (Phi) is 6.47. The summed E-state index contributed by atoms with van der Waals surface area (Å²) in [5.41, 5.74) is 1.02. The van der Waals surface area contributed by atoms with Gasteiger partial charge in [0, 0.05) is 18.1 Å². The third-order valence-electron chi connectivity index (χ3n) is 2.53. The van der Waals surface area contributed by atoms with Crippen molar-refractivity contribution >= 4 is 27.9 Å². The predicted molar refractivity (Wildman–Crippen MR) is 79.6 cm³/mol. The van der Waals surface area contributed by atoms with E-state index in [4.69, 9.17) is 4.74 Å². The first-order valence-electron chi connectivity index (χ1n) is 6.10. The average Bonchev–Trinajstić information content (AvgIpc) is 2.42. The first-order chi connectivity index (χ1) is 9.47. The highest BCUT2D eigenvalue weighted by Gasteiger charge is 2.17. The number of carbonyl (C=O) groups excluding carboxylic acids is 2. The highest BCUT2D eigenvalue weighted by Crippen LogP contribution is 2.23. The predicted octanol–water partition coefficient (Wildman–Crippen LogP) is 1.39. The van der Waals surface area contributed by atoms with E-state index in [1.807, 2.05) is 19.2 Å². The molecule has 0 radical (unpaired) electrons. The van der Waals surface area contributed by atoms with Crippen LogP contribution in [0.25, 0.3) is 0 Å². The molecular formula is C13H18BrN3O3. The number of benzene rings is 1. The van der Waals surface area contributed by atoms with Crippen molar-refractivity contribution in [3.63, 3.8) is 0 Å². The number of ether oxygens (including phenoxy) is 1. The molecule has 1 atom stereocenters. The quantitative estimate of drug-likeness (QED) is 0.754. The van der Waals surface area contributed by atoms with Crippen molar-refractivity contribution in [2.75, 3.05) is 14.1 Å². The van der Waals surface area contributed by atoms with Gasteiger partial charge in [0.15, 0.2) is 6.10 Å². The van der Waals surface area contributed by atoms with Crippen LogP contribution < -0.4 is 20.7 Å². The SMILES string of the molecule is CNCc1cc(OC(C)C(=O)NC(=O)NC)ccc1Br. The van der Waals surface area contributed by atoms with Gasteiger partial charge in [0.05, 0.1) is 0 Å². The Morgan fingerprint density at radius 2 is 2.05 bits per heavy atom. The Balaban J connectivity index is 2.70. The van der Waals surface area contributed by atoms with Crippen LogP contribution in [-0.4, -0.2) is 32.1 Å². The fourth-order valence-corrected chi connectivity index (χ4v) is 1.87. The fraction of sp³-hybridized carbons (Fsp3) is 0.385. The molecule has 0 aliphatic rings. The second-order valence-electron chi connectivity index (χ2n) is 4.11. The Morgan fingerprint density at radius 1 is 1.35 bits per heavy atom. The van der Waals surface area contributed by atoms with Gasteiger partial charge in [0.25, 0.3) is 5.91 Å². The summed E-state index contributed by atoms with van der Waals surface area (Å²) in [4.78, 5) is 22.7. The summed E-state index contributed by atoms with van der Waals surface area (Å²) in [7, 11) is 3.28. The summed E-state index contributed by atoms with van der Waals surface area (Å²) in [6.07, 6.45) is -0.768. The van der Waals surface area contributed by atoms with E-state index in [0.29, 0.717) is 12.3 Å². The zero-order chi connectivity index (χ0) is 15.1.